The predicted molar refractivity (Wildman–Crippen MR) is 81.6 cm³/mol. The van der Waals surface area contributed by atoms with Gasteiger partial charge in [0.1, 0.15) is 11.6 Å². The number of carbonyl (C=O) groups excluding carboxylic acids is 2. The number of hydrogen-bond acceptors (Lipinski definition) is 2. The molecule has 3 unspecified atom stereocenters. The van der Waals surface area contributed by atoms with Crippen LogP contribution in [0.15, 0.2) is 0 Å². The fourth-order valence-electron chi connectivity index (χ4n) is 4.30. The molecule has 2 amide bonds. The minimum absolute atomic E-state index is 0.0201. The van der Waals surface area contributed by atoms with Crippen LogP contribution in [0.3, 0.4) is 0 Å². The van der Waals surface area contributed by atoms with Gasteiger partial charge in [-0.25, -0.2) is 0 Å². The van der Waals surface area contributed by atoms with Gasteiger partial charge < -0.3 is 10.2 Å². The average molecular weight is 292 g/mol. The molecule has 0 aromatic rings. The Hall–Kier alpha value is -1.06. The zero-order valence-electron chi connectivity index (χ0n) is 13.5. The van der Waals surface area contributed by atoms with Gasteiger partial charge in [-0.05, 0) is 58.3 Å². The molecule has 0 aromatic heterocycles. The standard InChI is InChI=1S/C17H28N2O2/c1-11(13-7-5-4-6-8-13)19-12(2)15(20)18-17(3,16(19)21)14-9-10-14/h11-14H,4-10H2,1-3H3,(H,18,20). The SMILES string of the molecule is CC1C(=O)NC(C)(C2CC2)C(=O)N1C(C)C1CCCCC1. The predicted octanol–water partition coefficient (Wildman–Crippen LogP) is 2.47. The second-order valence-corrected chi connectivity index (χ2v) is 7.49. The van der Waals surface area contributed by atoms with Gasteiger partial charge >= 0.3 is 0 Å². The minimum Gasteiger partial charge on any atom is -0.340 e. The number of hydrogen-bond donors (Lipinski definition) is 1. The van der Waals surface area contributed by atoms with Crippen LogP contribution >= 0.6 is 0 Å². The summed E-state index contributed by atoms with van der Waals surface area (Å²) >= 11 is 0. The molecule has 0 aromatic carbocycles. The lowest BCUT2D eigenvalue weighted by Gasteiger charge is -2.48. The third-order valence-corrected chi connectivity index (χ3v) is 6.02. The summed E-state index contributed by atoms with van der Waals surface area (Å²) in [5, 5.41) is 3.01. The summed E-state index contributed by atoms with van der Waals surface area (Å²) in [5.74, 6) is 1.06. The van der Waals surface area contributed by atoms with Gasteiger partial charge in [0.15, 0.2) is 0 Å². The Bertz CT molecular complexity index is 440. The van der Waals surface area contributed by atoms with E-state index in [4.69, 9.17) is 0 Å². The van der Waals surface area contributed by atoms with Crippen LogP contribution in [0.2, 0.25) is 0 Å². The molecule has 0 spiro atoms. The van der Waals surface area contributed by atoms with Crippen molar-refractivity contribution >= 4 is 11.8 Å². The topological polar surface area (TPSA) is 49.4 Å². The van der Waals surface area contributed by atoms with Crippen molar-refractivity contribution in [3.05, 3.63) is 0 Å². The fraction of sp³-hybridized carbons (Fsp3) is 0.882. The lowest BCUT2D eigenvalue weighted by atomic mass is 9.81. The zero-order chi connectivity index (χ0) is 15.2. The second kappa shape index (κ2) is 5.29. The van der Waals surface area contributed by atoms with Crippen molar-refractivity contribution in [2.75, 3.05) is 0 Å². The van der Waals surface area contributed by atoms with E-state index in [9.17, 15) is 9.59 Å². The molecule has 1 N–H and O–H groups in total. The van der Waals surface area contributed by atoms with Crippen LogP contribution in [0, 0.1) is 11.8 Å². The van der Waals surface area contributed by atoms with Crippen molar-refractivity contribution in [1.82, 2.24) is 10.2 Å². The van der Waals surface area contributed by atoms with Crippen LogP contribution in [0.25, 0.3) is 0 Å². The molecule has 2 aliphatic carbocycles. The van der Waals surface area contributed by atoms with Gasteiger partial charge in [0.05, 0.1) is 0 Å². The molecule has 2 saturated carbocycles. The molecule has 1 saturated heterocycles. The first-order chi connectivity index (χ1) is 9.95. The maximum atomic E-state index is 13.1. The number of rotatable bonds is 3. The number of amides is 2. The summed E-state index contributed by atoms with van der Waals surface area (Å²) in [6.45, 7) is 5.95. The third kappa shape index (κ3) is 2.47. The smallest absolute Gasteiger partial charge is 0.249 e. The van der Waals surface area contributed by atoms with E-state index in [1.165, 1.54) is 32.1 Å². The lowest BCUT2D eigenvalue weighted by Crippen LogP contribution is -2.71. The first-order valence-electron chi connectivity index (χ1n) is 8.60. The highest BCUT2D eigenvalue weighted by Crippen LogP contribution is 2.43. The van der Waals surface area contributed by atoms with Gasteiger partial charge in [0, 0.05) is 6.04 Å². The van der Waals surface area contributed by atoms with E-state index in [1.54, 1.807) is 0 Å². The Morgan fingerprint density at radius 1 is 1.14 bits per heavy atom. The van der Waals surface area contributed by atoms with Crippen molar-refractivity contribution in [2.24, 2.45) is 11.8 Å². The molecular formula is C17H28N2O2. The number of carbonyl (C=O) groups is 2. The minimum atomic E-state index is -0.660. The Kier molecular flexibility index (Phi) is 3.74. The quantitative estimate of drug-likeness (QED) is 0.868. The maximum Gasteiger partial charge on any atom is 0.249 e. The highest BCUT2D eigenvalue weighted by Gasteiger charge is 2.55. The van der Waals surface area contributed by atoms with Crippen LogP contribution in [-0.2, 0) is 9.59 Å². The first-order valence-corrected chi connectivity index (χ1v) is 8.60. The van der Waals surface area contributed by atoms with Gasteiger partial charge in [0.2, 0.25) is 11.8 Å². The normalized spacial score (nSPS) is 36.5. The van der Waals surface area contributed by atoms with Crippen LogP contribution < -0.4 is 5.32 Å². The molecule has 4 heteroatoms. The molecule has 21 heavy (non-hydrogen) atoms. The van der Waals surface area contributed by atoms with Gasteiger partial charge in [-0.15, -0.1) is 0 Å². The van der Waals surface area contributed by atoms with Crippen molar-refractivity contribution in [3.63, 3.8) is 0 Å². The number of piperazine rings is 1. The van der Waals surface area contributed by atoms with Gasteiger partial charge in [-0.1, -0.05) is 19.3 Å². The highest BCUT2D eigenvalue weighted by molar-refractivity contribution is 6.00. The van der Waals surface area contributed by atoms with E-state index in [0.717, 1.165) is 12.8 Å². The molecule has 0 bridgehead atoms. The number of nitrogens with zero attached hydrogens (tertiary/aromatic N) is 1. The summed E-state index contributed by atoms with van der Waals surface area (Å²) in [7, 11) is 0. The Morgan fingerprint density at radius 2 is 1.76 bits per heavy atom. The van der Waals surface area contributed by atoms with E-state index in [1.807, 2.05) is 18.7 Å². The van der Waals surface area contributed by atoms with Crippen LogP contribution in [0.4, 0.5) is 0 Å². The molecule has 1 aliphatic heterocycles. The maximum absolute atomic E-state index is 13.1. The van der Waals surface area contributed by atoms with Gasteiger partial charge in [0.25, 0.3) is 0 Å². The molecule has 0 radical (unpaired) electrons. The van der Waals surface area contributed by atoms with E-state index in [0.29, 0.717) is 11.8 Å². The summed E-state index contributed by atoms with van der Waals surface area (Å²) in [5.41, 5.74) is -0.660. The van der Waals surface area contributed by atoms with Gasteiger partial charge in [-0.2, -0.15) is 0 Å². The van der Waals surface area contributed by atoms with Crippen molar-refractivity contribution in [1.29, 1.82) is 0 Å². The largest absolute Gasteiger partial charge is 0.340 e. The Balaban J connectivity index is 1.83. The van der Waals surface area contributed by atoms with E-state index < -0.39 is 5.54 Å². The molecule has 3 atom stereocenters. The van der Waals surface area contributed by atoms with E-state index >= 15 is 0 Å². The summed E-state index contributed by atoms with van der Waals surface area (Å²) in [4.78, 5) is 27.4. The molecule has 3 fully saturated rings. The fourth-order valence-corrected chi connectivity index (χ4v) is 4.30. The Labute approximate surface area is 127 Å². The highest BCUT2D eigenvalue weighted by atomic mass is 16.2. The summed E-state index contributed by atoms with van der Waals surface area (Å²) in [6.07, 6.45) is 8.34. The van der Waals surface area contributed by atoms with E-state index in [-0.39, 0.29) is 23.9 Å². The molecular weight excluding hydrogens is 264 g/mol. The summed E-state index contributed by atoms with van der Waals surface area (Å²) < 4.78 is 0. The Morgan fingerprint density at radius 3 is 2.33 bits per heavy atom. The number of nitrogens with one attached hydrogen (secondary N) is 1. The molecule has 118 valence electrons. The third-order valence-electron chi connectivity index (χ3n) is 6.02. The van der Waals surface area contributed by atoms with Crippen LogP contribution in [0.1, 0.15) is 65.7 Å². The monoisotopic (exact) mass is 292 g/mol. The summed E-state index contributed by atoms with van der Waals surface area (Å²) in [6, 6.07) is -0.154. The molecule has 3 aliphatic rings. The molecule has 4 nitrogen and oxygen atoms in total. The zero-order valence-corrected chi connectivity index (χ0v) is 13.5. The van der Waals surface area contributed by atoms with Crippen molar-refractivity contribution < 1.29 is 9.59 Å². The van der Waals surface area contributed by atoms with Crippen molar-refractivity contribution in [3.8, 4) is 0 Å². The average Bonchev–Trinajstić information content (AvgIpc) is 3.31. The van der Waals surface area contributed by atoms with Crippen molar-refractivity contribution in [2.45, 2.75) is 83.3 Å². The molecule has 3 rings (SSSR count). The lowest BCUT2D eigenvalue weighted by molar-refractivity contribution is -0.158. The first kappa shape index (κ1) is 14.9. The molecule has 1 heterocycles. The van der Waals surface area contributed by atoms with Gasteiger partial charge in [-0.3, -0.25) is 9.59 Å². The second-order valence-electron chi connectivity index (χ2n) is 7.49. The van der Waals surface area contributed by atoms with E-state index in [2.05, 4.69) is 12.2 Å². The van der Waals surface area contributed by atoms with Crippen LogP contribution in [0.5, 0.6) is 0 Å². The van der Waals surface area contributed by atoms with Crippen LogP contribution in [-0.4, -0.2) is 34.3 Å².